The molecule has 0 aliphatic carbocycles. The predicted molar refractivity (Wildman–Crippen MR) is 71.2 cm³/mol. The highest BCUT2D eigenvalue weighted by Crippen LogP contribution is 2.13. The minimum atomic E-state index is -0.986. The molecule has 0 N–H and O–H groups in total. The molecule has 1 rings (SSSR count). The first kappa shape index (κ1) is 15.1. The Morgan fingerprint density at radius 3 is 2.61 bits per heavy atom. The molecule has 0 aromatic heterocycles. The Morgan fingerprint density at radius 1 is 1.39 bits per heavy atom. The van der Waals surface area contributed by atoms with Crippen LogP contribution in [0.3, 0.4) is 0 Å². The highest BCUT2D eigenvalue weighted by Gasteiger charge is 2.20. The molecule has 0 fully saturated rings. The smallest absolute Gasteiger partial charge is 0.179 e. The highest BCUT2D eigenvalue weighted by atomic mass is 32.2. The van der Waals surface area contributed by atoms with E-state index in [1.165, 1.54) is 6.07 Å². The Kier molecular flexibility index (Phi) is 5.75. The number of benzene rings is 1. The van der Waals surface area contributed by atoms with Gasteiger partial charge in [0, 0.05) is 17.9 Å². The lowest BCUT2D eigenvalue weighted by Crippen LogP contribution is -2.37. The van der Waals surface area contributed by atoms with Crippen LogP contribution in [-0.4, -0.2) is 42.3 Å². The van der Waals surface area contributed by atoms with Crippen LogP contribution in [0.2, 0.25) is 0 Å². The van der Waals surface area contributed by atoms with Gasteiger partial charge in [0.15, 0.2) is 17.4 Å². The average molecular weight is 273 g/mol. The lowest BCUT2D eigenvalue weighted by Gasteiger charge is -2.23. The van der Waals surface area contributed by atoms with E-state index in [4.69, 9.17) is 0 Å². The molecule has 1 aromatic rings. The normalized spacial score (nSPS) is 12.8. The van der Waals surface area contributed by atoms with Crippen molar-refractivity contribution >= 4 is 17.5 Å². The van der Waals surface area contributed by atoms with E-state index in [1.807, 2.05) is 18.2 Å². The number of thioether (sulfide) groups is 1. The van der Waals surface area contributed by atoms with Gasteiger partial charge < -0.3 is 0 Å². The van der Waals surface area contributed by atoms with E-state index < -0.39 is 11.6 Å². The van der Waals surface area contributed by atoms with Gasteiger partial charge in [0.05, 0.1) is 6.04 Å². The molecule has 1 unspecified atom stereocenters. The molecule has 0 aliphatic heterocycles. The SMILES string of the molecule is CSCCN(C)C(C)C(=O)c1ccc(F)c(F)c1. The van der Waals surface area contributed by atoms with Gasteiger partial charge >= 0.3 is 0 Å². The molecule has 0 heterocycles. The number of Topliss-reactive ketones (excluding diaryl/α,β-unsaturated/α-hetero) is 1. The van der Waals surface area contributed by atoms with Crippen molar-refractivity contribution in [2.75, 3.05) is 25.6 Å². The number of carbonyl (C=O) groups is 1. The summed E-state index contributed by atoms with van der Waals surface area (Å²) in [4.78, 5) is 14.0. The van der Waals surface area contributed by atoms with Gasteiger partial charge in [-0.2, -0.15) is 11.8 Å². The van der Waals surface area contributed by atoms with E-state index in [0.717, 1.165) is 24.4 Å². The van der Waals surface area contributed by atoms with E-state index in [0.29, 0.717) is 0 Å². The standard InChI is InChI=1S/C13H17F2NOS/c1-9(16(2)6-7-18-3)13(17)10-4-5-11(14)12(15)8-10/h4-5,8-9H,6-7H2,1-3H3. The Balaban J connectivity index is 2.76. The third-order valence-corrected chi connectivity index (χ3v) is 3.48. The lowest BCUT2D eigenvalue weighted by molar-refractivity contribution is 0.0874. The van der Waals surface area contributed by atoms with Crippen LogP contribution < -0.4 is 0 Å². The summed E-state index contributed by atoms with van der Waals surface area (Å²) in [5.41, 5.74) is 0.206. The van der Waals surface area contributed by atoms with Crippen LogP contribution in [0.4, 0.5) is 8.78 Å². The zero-order valence-corrected chi connectivity index (χ0v) is 11.6. The van der Waals surface area contributed by atoms with Crippen molar-refractivity contribution in [3.05, 3.63) is 35.4 Å². The zero-order chi connectivity index (χ0) is 13.7. The van der Waals surface area contributed by atoms with E-state index in [-0.39, 0.29) is 17.4 Å². The summed E-state index contributed by atoms with van der Waals surface area (Å²) < 4.78 is 25.9. The van der Waals surface area contributed by atoms with Crippen LogP contribution in [0.15, 0.2) is 18.2 Å². The van der Waals surface area contributed by atoms with E-state index in [9.17, 15) is 13.6 Å². The van der Waals surface area contributed by atoms with Crippen LogP contribution in [0, 0.1) is 11.6 Å². The topological polar surface area (TPSA) is 20.3 Å². The second-order valence-electron chi connectivity index (χ2n) is 4.14. The van der Waals surface area contributed by atoms with Gasteiger partial charge in [-0.3, -0.25) is 9.69 Å². The zero-order valence-electron chi connectivity index (χ0n) is 10.7. The number of ketones is 1. The predicted octanol–water partition coefficient (Wildman–Crippen LogP) is 2.83. The number of hydrogen-bond acceptors (Lipinski definition) is 3. The first-order valence-electron chi connectivity index (χ1n) is 5.65. The Morgan fingerprint density at radius 2 is 2.06 bits per heavy atom. The van der Waals surface area contributed by atoms with E-state index >= 15 is 0 Å². The second-order valence-corrected chi connectivity index (χ2v) is 5.13. The first-order valence-corrected chi connectivity index (χ1v) is 7.05. The molecule has 0 bridgehead atoms. The molecule has 0 spiro atoms. The van der Waals surface area contributed by atoms with Crippen LogP contribution >= 0.6 is 11.8 Å². The summed E-state index contributed by atoms with van der Waals surface area (Å²) in [6, 6.07) is 2.91. The van der Waals surface area contributed by atoms with Gasteiger partial charge in [0.2, 0.25) is 0 Å². The number of likely N-dealkylation sites (N-methyl/N-ethyl adjacent to an activating group) is 1. The molecular formula is C13H17F2NOS. The van der Waals surface area contributed by atoms with Crippen molar-refractivity contribution in [1.29, 1.82) is 0 Å². The molecular weight excluding hydrogens is 256 g/mol. The first-order chi connectivity index (χ1) is 8.47. The molecule has 0 radical (unpaired) electrons. The Hall–Kier alpha value is -0.940. The van der Waals surface area contributed by atoms with Gasteiger partial charge in [-0.25, -0.2) is 8.78 Å². The monoisotopic (exact) mass is 273 g/mol. The third kappa shape index (κ3) is 3.78. The van der Waals surface area contributed by atoms with E-state index in [1.54, 1.807) is 18.7 Å². The number of rotatable bonds is 6. The van der Waals surface area contributed by atoms with Crippen LogP contribution in [0.25, 0.3) is 0 Å². The summed E-state index contributed by atoms with van der Waals surface area (Å²) in [6.45, 7) is 2.54. The van der Waals surface area contributed by atoms with Crippen molar-refractivity contribution in [3.63, 3.8) is 0 Å². The van der Waals surface area contributed by atoms with Crippen molar-refractivity contribution < 1.29 is 13.6 Å². The maximum atomic E-state index is 13.1. The molecule has 1 aromatic carbocycles. The van der Waals surface area contributed by atoms with Gasteiger partial charge in [-0.05, 0) is 38.4 Å². The number of hydrogen-bond donors (Lipinski definition) is 0. The molecule has 18 heavy (non-hydrogen) atoms. The molecule has 0 amide bonds. The minimum Gasteiger partial charge on any atom is -0.296 e. The largest absolute Gasteiger partial charge is 0.296 e. The second kappa shape index (κ2) is 6.85. The van der Waals surface area contributed by atoms with Gasteiger partial charge in [0.1, 0.15) is 0 Å². The van der Waals surface area contributed by atoms with Gasteiger partial charge in [-0.1, -0.05) is 0 Å². The molecule has 1 atom stereocenters. The fraction of sp³-hybridized carbons (Fsp3) is 0.462. The molecule has 0 saturated carbocycles. The Bertz CT molecular complexity index is 425. The quantitative estimate of drug-likeness (QED) is 0.743. The summed E-state index contributed by atoms with van der Waals surface area (Å²) >= 11 is 1.70. The van der Waals surface area contributed by atoms with Crippen LogP contribution in [0.1, 0.15) is 17.3 Å². The van der Waals surface area contributed by atoms with Crippen molar-refractivity contribution in [3.8, 4) is 0 Å². The highest BCUT2D eigenvalue weighted by molar-refractivity contribution is 7.98. The van der Waals surface area contributed by atoms with Crippen molar-refractivity contribution in [1.82, 2.24) is 4.90 Å². The van der Waals surface area contributed by atoms with Crippen LogP contribution in [0.5, 0.6) is 0 Å². The Labute approximate surface area is 110 Å². The van der Waals surface area contributed by atoms with Crippen LogP contribution in [-0.2, 0) is 0 Å². The summed E-state index contributed by atoms with van der Waals surface area (Å²) in [7, 11) is 1.85. The lowest BCUT2D eigenvalue weighted by atomic mass is 10.0. The molecule has 0 aliphatic rings. The fourth-order valence-corrected chi connectivity index (χ4v) is 1.99. The fourth-order valence-electron chi connectivity index (χ4n) is 1.52. The van der Waals surface area contributed by atoms with Gasteiger partial charge in [-0.15, -0.1) is 0 Å². The maximum Gasteiger partial charge on any atom is 0.179 e. The third-order valence-electron chi connectivity index (χ3n) is 2.89. The molecule has 100 valence electrons. The number of nitrogens with zero attached hydrogens (tertiary/aromatic N) is 1. The van der Waals surface area contributed by atoms with Crippen molar-refractivity contribution in [2.24, 2.45) is 0 Å². The summed E-state index contributed by atoms with van der Waals surface area (Å²) in [5, 5.41) is 0. The average Bonchev–Trinajstić information content (AvgIpc) is 2.37. The summed E-state index contributed by atoms with van der Waals surface area (Å²) in [6.07, 6.45) is 2.00. The molecule has 2 nitrogen and oxygen atoms in total. The number of halogens is 2. The molecule has 5 heteroatoms. The molecule has 0 saturated heterocycles. The summed E-state index contributed by atoms with van der Waals surface area (Å²) in [5.74, 6) is -1.20. The number of carbonyl (C=O) groups excluding carboxylic acids is 1. The minimum absolute atomic E-state index is 0.197. The maximum absolute atomic E-state index is 13.1. The van der Waals surface area contributed by atoms with Gasteiger partial charge in [0.25, 0.3) is 0 Å². The van der Waals surface area contributed by atoms with Crippen molar-refractivity contribution in [2.45, 2.75) is 13.0 Å². The van der Waals surface area contributed by atoms with E-state index in [2.05, 4.69) is 0 Å².